The molecule has 1 heterocycles. The lowest BCUT2D eigenvalue weighted by atomic mass is 10.2. The van der Waals surface area contributed by atoms with Crippen molar-refractivity contribution < 1.29 is 9.47 Å². The fourth-order valence-corrected chi connectivity index (χ4v) is 3.11. The van der Waals surface area contributed by atoms with Crippen molar-refractivity contribution >= 4 is 23.5 Å². The largest absolute Gasteiger partial charge is 0.489 e. The number of nitrogens with zero attached hydrogens (tertiary/aromatic N) is 2. The minimum atomic E-state index is 0.528. The Kier molecular flexibility index (Phi) is 8.90. The summed E-state index contributed by atoms with van der Waals surface area (Å²) < 4.78 is 11.2. The number of ether oxygens (including phenoxy) is 2. The molecule has 2 aromatic carbocycles. The molecule has 154 valence electrons. The van der Waals surface area contributed by atoms with Crippen LogP contribution in [-0.4, -0.2) is 55.6 Å². The van der Waals surface area contributed by atoms with E-state index in [1.807, 2.05) is 54.6 Å². The minimum Gasteiger partial charge on any atom is -0.489 e. The molecule has 1 aliphatic rings. The molecule has 29 heavy (non-hydrogen) atoms. The van der Waals surface area contributed by atoms with Gasteiger partial charge in [0.15, 0.2) is 5.11 Å². The smallest absolute Gasteiger partial charge is 0.186 e. The van der Waals surface area contributed by atoms with Crippen LogP contribution in [0.3, 0.4) is 0 Å². The standard InChI is InChI=1S/C22H28N4O2S/c29-22(23-10-5-11-26-12-14-27-15-13-26)25-24-17-20-8-4-9-21(16-20)28-18-19-6-2-1-3-7-19/h1-4,6-9,16-17H,5,10-15,18H2,(H2,23,25,29)/b24-17-. The summed E-state index contributed by atoms with van der Waals surface area (Å²) in [6.45, 7) is 6.11. The van der Waals surface area contributed by atoms with Crippen LogP contribution in [-0.2, 0) is 11.3 Å². The van der Waals surface area contributed by atoms with Crippen LogP contribution in [0.2, 0.25) is 0 Å². The molecule has 0 unspecified atom stereocenters. The van der Waals surface area contributed by atoms with Crippen molar-refractivity contribution in [1.29, 1.82) is 0 Å². The molecule has 0 saturated carbocycles. The van der Waals surface area contributed by atoms with Crippen molar-refractivity contribution in [3.63, 3.8) is 0 Å². The van der Waals surface area contributed by atoms with E-state index in [1.54, 1.807) is 6.21 Å². The average molecular weight is 413 g/mol. The van der Waals surface area contributed by atoms with Gasteiger partial charge in [0.1, 0.15) is 12.4 Å². The quantitative estimate of drug-likeness (QED) is 0.286. The van der Waals surface area contributed by atoms with Crippen LogP contribution in [0, 0.1) is 0 Å². The molecule has 0 spiro atoms. The van der Waals surface area contributed by atoms with Crippen molar-refractivity contribution in [1.82, 2.24) is 15.6 Å². The third-order valence-corrected chi connectivity index (χ3v) is 4.76. The lowest BCUT2D eigenvalue weighted by Crippen LogP contribution is -2.39. The molecular formula is C22H28N4O2S. The highest BCUT2D eigenvalue weighted by molar-refractivity contribution is 7.80. The van der Waals surface area contributed by atoms with E-state index in [0.717, 1.165) is 62.7 Å². The second kappa shape index (κ2) is 12.2. The zero-order chi connectivity index (χ0) is 20.2. The Hall–Kier alpha value is -2.48. The summed E-state index contributed by atoms with van der Waals surface area (Å²) >= 11 is 5.27. The first-order valence-corrected chi connectivity index (χ1v) is 10.3. The van der Waals surface area contributed by atoms with E-state index in [1.165, 1.54) is 0 Å². The van der Waals surface area contributed by atoms with Gasteiger partial charge in [-0.2, -0.15) is 5.10 Å². The van der Waals surface area contributed by atoms with Crippen LogP contribution in [0.1, 0.15) is 17.5 Å². The van der Waals surface area contributed by atoms with Crippen molar-refractivity contribution in [2.75, 3.05) is 39.4 Å². The summed E-state index contributed by atoms with van der Waals surface area (Å²) in [6.07, 6.45) is 2.77. The van der Waals surface area contributed by atoms with Crippen molar-refractivity contribution in [2.45, 2.75) is 13.0 Å². The van der Waals surface area contributed by atoms with Gasteiger partial charge in [-0.1, -0.05) is 42.5 Å². The monoisotopic (exact) mass is 412 g/mol. The van der Waals surface area contributed by atoms with Gasteiger partial charge in [0.2, 0.25) is 0 Å². The maximum atomic E-state index is 5.84. The molecule has 0 aromatic heterocycles. The van der Waals surface area contributed by atoms with E-state index in [-0.39, 0.29) is 0 Å². The number of benzene rings is 2. The fraction of sp³-hybridized carbons (Fsp3) is 0.364. The molecule has 6 nitrogen and oxygen atoms in total. The summed E-state index contributed by atoms with van der Waals surface area (Å²) in [6, 6.07) is 17.9. The molecule has 1 aliphatic heterocycles. The molecule has 1 fully saturated rings. The zero-order valence-electron chi connectivity index (χ0n) is 16.5. The van der Waals surface area contributed by atoms with Crippen molar-refractivity contribution in [3.05, 3.63) is 65.7 Å². The van der Waals surface area contributed by atoms with Crippen LogP contribution in [0.15, 0.2) is 59.7 Å². The topological polar surface area (TPSA) is 58.1 Å². The summed E-state index contributed by atoms with van der Waals surface area (Å²) in [7, 11) is 0. The van der Waals surface area contributed by atoms with Crippen LogP contribution in [0.25, 0.3) is 0 Å². The van der Waals surface area contributed by atoms with Gasteiger partial charge >= 0.3 is 0 Å². The van der Waals surface area contributed by atoms with E-state index < -0.39 is 0 Å². The number of thiocarbonyl (C=S) groups is 1. The predicted octanol–water partition coefficient (Wildman–Crippen LogP) is 2.79. The normalized spacial score (nSPS) is 14.6. The van der Waals surface area contributed by atoms with Gasteiger partial charge in [-0.25, -0.2) is 0 Å². The minimum absolute atomic E-state index is 0.528. The number of hydrogen-bond donors (Lipinski definition) is 2. The second-order valence-electron chi connectivity index (χ2n) is 6.78. The van der Waals surface area contributed by atoms with Gasteiger partial charge in [0.25, 0.3) is 0 Å². The Morgan fingerprint density at radius 3 is 2.79 bits per heavy atom. The molecule has 0 radical (unpaired) electrons. The molecular weight excluding hydrogens is 384 g/mol. The highest BCUT2D eigenvalue weighted by Gasteiger charge is 2.09. The number of hydrogen-bond acceptors (Lipinski definition) is 5. The molecule has 0 bridgehead atoms. The lowest BCUT2D eigenvalue weighted by molar-refractivity contribution is 0.0376. The molecule has 1 saturated heterocycles. The van der Waals surface area contributed by atoms with Gasteiger partial charge in [-0.3, -0.25) is 10.3 Å². The highest BCUT2D eigenvalue weighted by atomic mass is 32.1. The molecule has 3 rings (SSSR count). The molecule has 0 aliphatic carbocycles. The first kappa shape index (κ1) is 21.2. The molecule has 2 N–H and O–H groups in total. The maximum Gasteiger partial charge on any atom is 0.186 e. The Morgan fingerprint density at radius 2 is 1.97 bits per heavy atom. The Morgan fingerprint density at radius 1 is 1.14 bits per heavy atom. The molecule has 7 heteroatoms. The molecule has 2 aromatic rings. The van der Waals surface area contributed by atoms with E-state index in [9.17, 15) is 0 Å². The van der Waals surface area contributed by atoms with E-state index in [2.05, 4.69) is 20.7 Å². The van der Waals surface area contributed by atoms with Gasteiger partial charge in [0, 0.05) is 19.6 Å². The average Bonchev–Trinajstić information content (AvgIpc) is 2.77. The SMILES string of the molecule is S=C(NCCCN1CCOCC1)N/N=C\c1cccc(OCc2ccccc2)c1. The van der Waals surface area contributed by atoms with Gasteiger partial charge < -0.3 is 14.8 Å². The predicted molar refractivity (Wildman–Crippen MR) is 120 cm³/mol. The molecule has 0 atom stereocenters. The van der Waals surface area contributed by atoms with Gasteiger partial charge in [-0.05, 0) is 48.4 Å². The number of hydrazone groups is 1. The van der Waals surface area contributed by atoms with Crippen molar-refractivity contribution in [3.8, 4) is 5.75 Å². The Bertz CT molecular complexity index is 779. The number of nitrogens with one attached hydrogen (secondary N) is 2. The second-order valence-corrected chi connectivity index (χ2v) is 7.19. The third kappa shape index (κ3) is 8.19. The summed E-state index contributed by atoms with van der Waals surface area (Å²) in [5.41, 5.74) is 4.94. The lowest BCUT2D eigenvalue weighted by Gasteiger charge is -2.26. The van der Waals surface area contributed by atoms with E-state index >= 15 is 0 Å². The highest BCUT2D eigenvalue weighted by Crippen LogP contribution is 2.14. The first-order chi connectivity index (χ1) is 14.3. The van der Waals surface area contributed by atoms with Crippen molar-refractivity contribution in [2.24, 2.45) is 5.10 Å². The first-order valence-electron chi connectivity index (χ1n) is 9.93. The van der Waals surface area contributed by atoms with Crippen LogP contribution >= 0.6 is 12.2 Å². The summed E-state index contributed by atoms with van der Waals surface area (Å²) in [5, 5.41) is 7.92. The third-order valence-electron chi connectivity index (χ3n) is 4.53. The zero-order valence-corrected chi connectivity index (χ0v) is 17.4. The van der Waals surface area contributed by atoms with Crippen LogP contribution in [0.4, 0.5) is 0 Å². The fourth-order valence-electron chi connectivity index (χ4n) is 2.96. The number of morpholine rings is 1. The van der Waals surface area contributed by atoms with Gasteiger partial charge in [-0.15, -0.1) is 0 Å². The van der Waals surface area contributed by atoms with Crippen LogP contribution in [0.5, 0.6) is 5.75 Å². The van der Waals surface area contributed by atoms with E-state index in [4.69, 9.17) is 21.7 Å². The number of rotatable bonds is 9. The Balaban J connectivity index is 1.34. The van der Waals surface area contributed by atoms with E-state index in [0.29, 0.717) is 11.7 Å². The Labute approximate surface area is 177 Å². The van der Waals surface area contributed by atoms with Gasteiger partial charge in [0.05, 0.1) is 19.4 Å². The van der Waals surface area contributed by atoms with Crippen LogP contribution < -0.4 is 15.5 Å². The maximum absolute atomic E-state index is 5.84. The summed E-state index contributed by atoms with van der Waals surface area (Å²) in [5.74, 6) is 0.807. The summed E-state index contributed by atoms with van der Waals surface area (Å²) in [4.78, 5) is 2.41. The molecule has 0 amide bonds.